The van der Waals surface area contributed by atoms with Gasteiger partial charge < -0.3 is 0 Å². The quantitative estimate of drug-likeness (QED) is 0.638. The SMILES string of the molecule is [CH2]CCCc1ccccc1CCC. The van der Waals surface area contributed by atoms with E-state index in [1.165, 1.54) is 36.8 Å². The Bertz CT molecular complexity index is 238. The van der Waals surface area contributed by atoms with Crippen molar-refractivity contribution >= 4 is 0 Å². The van der Waals surface area contributed by atoms with E-state index in [4.69, 9.17) is 0 Å². The van der Waals surface area contributed by atoms with Gasteiger partial charge in [-0.25, -0.2) is 0 Å². The van der Waals surface area contributed by atoms with Gasteiger partial charge in [0.05, 0.1) is 0 Å². The topological polar surface area (TPSA) is 0 Å². The van der Waals surface area contributed by atoms with Crippen LogP contribution in [0.2, 0.25) is 0 Å². The fourth-order valence-corrected chi connectivity index (χ4v) is 1.63. The highest BCUT2D eigenvalue weighted by Gasteiger charge is 1.99. The molecule has 0 bridgehead atoms. The zero-order chi connectivity index (χ0) is 9.52. The third-order valence-electron chi connectivity index (χ3n) is 2.33. The van der Waals surface area contributed by atoms with Gasteiger partial charge in [0.1, 0.15) is 0 Å². The average molecular weight is 175 g/mol. The summed E-state index contributed by atoms with van der Waals surface area (Å²) in [7, 11) is 0. The van der Waals surface area contributed by atoms with Gasteiger partial charge in [0.25, 0.3) is 0 Å². The third kappa shape index (κ3) is 3.22. The van der Waals surface area contributed by atoms with E-state index in [2.05, 4.69) is 38.1 Å². The normalized spacial score (nSPS) is 10.3. The van der Waals surface area contributed by atoms with Crippen LogP contribution in [0.25, 0.3) is 0 Å². The number of rotatable bonds is 5. The molecular formula is C13H19. The van der Waals surface area contributed by atoms with Crippen LogP contribution in [-0.2, 0) is 12.8 Å². The Morgan fingerprint density at radius 3 is 2.23 bits per heavy atom. The molecule has 13 heavy (non-hydrogen) atoms. The smallest absolute Gasteiger partial charge is 0.0276 e. The molecule has 1 rings (SSSR count). The number of aryl methyl sites for hydroxylation is 2. The molecule has 0 saturated heterocycles. The van der Waals surface area contributed by atoms with Crippen LogP contribution >= 0.6 is 0 Å². The molecule has 0 aliphatic heterocycles. The predicted octanol–water partition coefficient (Wildman–Crippen LogP) is 3.80. The van der Waals surface area contributed by atoms with E-state index in [9.17, 15) is 0 Å². The first-order valence-electron chi connectivity index (χ1n) is 5.24. The van der Waals surface area contributed by atoms with Gasteiger partial charge in [-0.1, -0.05) is 51.0 Å². The van der Waals surface area contributed by atoms with Crippen molar-refractivity contribution < 1.29 is 0 Å². The molecule has 1 radical (unpaired) electrons. The minimum atomic E-state index is 1.04. The van der Waals surface area contributed by atoms with Crippen LogP contribution in [0.1, 0.15) is 37.3 Å². The molecule has 0 amide bonds. The van der Waals surface area contributed by atoms with Crippen molar-refractivity contribution in [2.24, 2.45) is 0 Å². The Balaban J connectivity index is 2.66. The third-order valence-corrected chi connectivity index (χ3v) is 2.33. The maximum absolute atomic E-state index is 3.88. The van der Waals surface area contributed by atoms with E-state index in [0.29, 0.717) is 0 Å². The second-order valence-corrected chi connectivity index (χ2v) is 3.48. The number of unbranched alkanes of at least 4 members (excludes halogenated alkanes) is 1. The van der Waals surface area contributed by atoms with Gasteiger partial charge >= 0.3 is 0 Å². The van der Waals surface area contributed by atoms with E-state index < -0.39 is 0 Å². The minimum Gasteiger partial charge on any atom is -0.0651 e. The largest absolute Gasteiger partial charge is 0.0651 e. The van der Waals surface area contributed by atoms with Crippen molar-refractivity contribution in [3.05, 3.63) is 42.3 Å². The zero-order valence-corrected chi connectivity index (χ0v) is 8.55. The van der Waals surface area contributed by atoms with Crippen molar-refractivity contribution in [2.45, 2.75) is 39.0 Å². The maximum atomic E-state index is 3.88. The zero-order valence-electron chi connectivity index (χ0n) is 8.55. The standard InChI is InChI=1S/C13H19/c1-3-5-9-13-11-7-6-10-12(13)8-4-2/h6-7,10-11H,1,3-5,8-9H2,2H3. The van der Waals surface area contributed by atoms with E-state index in [1.54, 1.807) is 0 Å². The Labute approximate surface area is 82.0 Å². The molecular weight excluding hydrogens is 156 g/mol. The van der Waals surface area contributed by atoms with Crippen LogP contribution in [0, 0.1) is 6.92 Å². The number of hydrogen-bond acceptors (Lipinski definition) is 0. The highest BCUT2D eigenvalue weighted by atomic mass is 14.0. The van der Waals surface area contributed by atoms with Crippen LogP contribution in [0.5, 0.6) is 0 Å². The van der Waals surface area contributed by atoms with Crippen molar-refractivity contribution in [3.8, 4) is 0 Å². The Kier molecular flexibility index (Phi) is 4.59. The Morgan fingerprint density at radius 1 is 1.08 bits per heavy atom. The summed E-state index contributed by atoms with van der Waals surface area (Å²) in [6.07, 6.45) is 5.90. The lowest BCUT2D eigenvalue weighted by Gasteiger charge is -2.07. The van der Waals surface area contributed by atoms with Gasteiger partial charge in [0.2, 0.25) is 0 Å². The first kappa shape index (κ1) is 10.3. The number of benzene rings is 1. The van der Waals surface area contributed by atoms with Crippen LogP contribution < -0.4 is 0 Å². The fraction of sp³-hybridized carbons (Fsp3) is 0.462. The first-order chi connectivity index (χ1) is 6.38. The van der Waals surface area contributed by atoms with Crippen molar-refractivity contribution in [1.82, 2.24) is 0 Å². The molecule has 0 aromatic heterocycles. The van der Waals surface area contributed by atoms with Gasteiger partial charge in [-0.2, -0.15) is 0 Å². The first-order valence-corrected chi connectivity index (χ1v) is 5.24. The molecule has 1 aromatic carbocycles. The van der Waals surface area contributed by atoms with E-state index in [-0.39, 0.29) is 0 Å². The summed E-state index contributed by atoms with van der Waals surface area (Å²) in [5.74, 6) is 0. The lowest BCUT2D eigenvalue weighted by molar-refractivity contribution is 0.816. The molecule has 0 aliphatic carbocycles. The summed E-state index contributed by atoms with van der Waals surface area (Å²) in [4.78, 5) is 0. The average Bonchev–Trinajstić information content (AvgIpc) is 2.17. The van der Waals surface area contributed by atoms with Gasteiger partial charge in [-0.3, -0.25) is 0 Å². The van der Waals surface area contributed by atoms with Crippen molar-refractivity contribution in [1.29, 1.82) is 0 Å². The predicted molar refractivity (Wildman–Crippen MR) is 58.7 cm³/mol. The second kappa shape index (κ2) is 5.80. The maximum Gasteiger partial charge on any atom is -0.0276 e. The summed E-state index contributed by atoms with van der Waals surface area (Å²) in [5, 5.41) is 0. The summed E-state index contributed by atoms with van der Waals surface area (Å²) in [6, 6.07) is 8.78. The molecule has 1 aromatic rings. The molecule has 0 nitrogen and oxygen atoms in total. The van der Waals surface area contributed by atoms with Crippen molar-refractivity contribution in [2.75, 3.05) is 0 Å². The highest BCUT2D eigenvalue weighted by Crippen LogP contribution is 2.13. The molecule has 0 spiro atoms. The van der Waals surface area contributed by atoms with E-state index >= 15 is 0 Å². The van der Waals surface area contributed by atoms with Crippen LogP contribution in [0.15, 0.2) is 24.3 Å². The lowest BCUT2D eigenvalue weighted by atomic mass is 9.99. The molecule has 0 unspecified atom stereocenters. The molecule has 0 heterocycles. The molecule has 71 valence electrons. The van der Waals surface area contributed by atoms with Gasteiger partial charge in [0.15, 0.2) is 0 Å². The van der Waals surface area contributed by atoms with Crippen LogP contribution in [0.4, 0.5) is 0 Å². The molecule has 0 N–H and O–H groups in total. The van der Waals surface area contributed by atoms with Gasteiger partial charge in [-0.05, 0) is 30.4 Å². The summed E-state index contributed by atoms with van der Waals surface area (Å²) in [5.41, 5.74) is 3.05. The number of hydrogen-bond donors (Lipinski definition) is 0. The van der Waals surface area contributed by atoms with Crippen molar-refractivity contribution in [3.63, 3.8) is 0 Å². The molecule has 0 heteroatoms. The molecule has 0 atom stereocenters. The molecule has 0 saturated carbocycles. The highest BCUT2D eigenvalue weighted by molar-refractivity contribution is 5.27. The van der Waals surface area contributed by atoms with Gasteiger partial charge in [0, 0.05) is 0 Å². The molecule has 0 fully saturated rings. The van der Waals surface area contributed by atoms with Crippen LogP contribution in [-0.4, -0.2) is 0 Å². The summed E-state index contributed by atoms with van der Waals surface area (Å²) >= 11 is 0. The summed E-state index contributed by atoms with van der Waals surface area (Å²) in [6.45, 7) is 6.11. The summed E-state index contributed by atoms with van der Waals surface area (Å²) < 4.78 is 0. The second-order valence-electron chi connectivity index (χ2n) is 3.48. The van der Waals surface area contributed by atoms with E-state index in [0.717, 1.165) is 6.42 Å². The monoisotopic (exact) mass is 175 g/mol. The lowest BCUT2D eigenvalue weighted by Crippen LogP contribution is -1.93. The van der Waals surface area contributed by atoms with Crippen LogP contribution in [0.3, 0.4) is 0 Å². The fourth-order valence-electron chi connectivity index (χ4n) is 1.63. The van der Waals surface area contributed by atoms with Gasteiger partial charge in [-0.15, -0.1) is 0 Å². The Morgan fingerprint density at radius 2 is 1.69 bits per heavy atom. The Hall–Kier alpha value is -0.780. The minimum absolute atomic E-state index is 1.04. The molecule has 0 aliphatic rings. The van der Waals surface area contributed by atoms with E-state index in [1.807, 2.05) is 0 Å².